The molecule has 0 heterocycles. The second-order valence-electron chi connectivity index (χ2n) is 9.99. The number of nitrogens with zero attached hydrogens (tertiary/aromatic N) is 1. The molecule has 0 spiro atoms. The van der Waals surface area contributed by atoms with Gasteiger partial charge >= 0.3 is 12.0 Å². The molecular formula is C33H40N4O8. The molecule has 3 rings (SSSR count). The van der Waals surface area contributed by atoms with E-state index in [-0.39, 0.29) is 32.5 Å². The molecule has 0 saturated heterocycles. The van der Waals surface area contributed by atoms with E-state index in [2.05, 4.69) is 16.0 Å². The number of carbonyl (C=O) groups is 4. The number of aliphatic carboxylic acids is 1. The zero-order valence-corrected chi connectivity index (χ0v) is 26.0. The van der Waals surface area contributed by atoms with Crippen molar-refractivity contribution < 1.29 is 38.5 Å². The fourth-order valence-electron chi connectivity index (χ4n) is 4.41. The van der Waals surface area contributed by atoms with Gasteiger partial charge in [-0.05, 0) is 67.8 Å². The Bertz CT molecular complexity index is 1490. The highest BCUT2D eigenvalue weighted by molar-refractivity contribution is 6.01. The van der Waals surface area contributed by atoms with Crippen LogP contribution >= 0.6 is 0 Å². The molecule has 0 aromatic heterocycles. The largest absolute Gasteiger partial charge is 0.495 e. The molecule has 0 unspecified atom stereocenters. The summed E-state index contributed by atoms with van der Waals surface area (Å²) in [7, 11) is 1.45. The minimum Gasteiger partial charge on any atom is -0.495 e. The molecular weight excluding hydrogens is 580 g/mol. The van der Waals surface area contributed by atoms with Crippen LogP contribution in [-0.2, 0) is 27.3 Å². The van der Waals surface area contributed by atoms with E-state index in [1.807, 2.05) is 39.0 Å². The quantitative estimate of drug-likeness (QED) is 0.181. The maximum absolute atomic E-state index is 13.1. The molecule has 0 radical (unpaired) electrons. The number of carboxylic acids is 1. The Balaban J connectivity index is 1.61. The molecule has 4 amide bonds. The van der Waals surface area contributed by atoms with Crippen LogP contribution in [0.1, 0.15) is 37.0 Å². The third kappa shape index (κ3) is 10.8. The van der Waals surface area contributed by atoms with E-state index in [1.165, 1.54) is 12.0 Å². The Morgan fingerprint density at radius 3 is 2.18 bits per heavy atom. The van der Waals surface area contributed by atoms with Crippen molar-refractivity contribution >= 4 is 35.2 Å². The monoisotopic (exact) mass is 620 g/mol. The lowest BCUT2D eigenvalue weighted by Crippen LogP contribution is -2.41. The number of methoxy groups -OCH3 is 1. The van der Waals surface area contributed by atoms with Gasteiger partial charge in [0.25, 0.3) is 0 Å². The number of amides is 4. The van der Waals surface area contributed by atoms with Crippen molar-refractivity contribution in [1.82, 2.24) is 10.2 Å². The first-order valence-electron chi connectivity index (χ1n) is 14.6. The summed E-state index contributed by atoms with van der Waals surface area (Å²) in [5.74, 6) is -0.436. The van der Waals surface area contributed by atoms with E-state index in [0.717, 1.165) is 11.1 Å². The molecule has 240 valence electrons. The number of carbonyl (C=O) groups excluding carboxylic acids is 3. The van der Waals surface area contributed by atoms with E-state index < -0.39 is 23.8 Å². The highest BCUT2D eigenvalue weighted by Gasteiger charge is 2.18. The second-order valence-corrected chi connectivity index (χ2v) is 9.99. The highest BCUT2D eigenvalue weighted by Crippen LogP contribution is 2.29. The van der Waals surface area contributed by atoms with Crippen LogP contribution in [0.5, 0.6) is 17.2 Å². The fraction of sp³-hybridized carbons (Fsp3) is 0.333. The van der Waals surface area contributed by atoms with Crippen LogP contribution < -0.4 is 30.2 Å². The predicted octanol–water partition coefficient (Wildman–Crippen LogP) is 4.61. The number of urea groups is 1. The van der Waals surface area contributed by atoms with Crippen LogP contribution in [0.25, 0.3) is 0 Å². The van der Waals surface area contributed by atoms with Crippen LogP contribution in [-0.4, -0.2) is 67.2 Å². The van der Waals surface area contributed by atoms with Gasteiger partial charge in [-0.15, -0.1) is 0 Å². The number of ether oxygens (including phenoxy) is 3. The van der Waals surface area contributed by atoms with Crippen molar-refractivity contribution in [3.05, 3.63) is 77.4 Å². The summed E-state index contributed by atoms with van der Waals surface area (Å²) in [5, 5.41) is 17.4. The van der Waals surface area contributed by atoms with Gasteiger partial charge < -0.3 is 40.2 Å². The molecule has 12 nitrogen and oxygen atoms in total. The van der Waals surface area contributed by atoms with Crippen molar-refractivity contribution in [2.45, 2.75) is 40.2 Å². The Morgan fingerprint density at radius 2 is 1.49 bits per heavy atom. The smallest absolute Gasteiger partial charge is 0.323 e. The first kappa shape index (κ1) is 34.2. The minimum absolute atomic E-state index is 0.0374. The van der Waals surface area contributed by atoms with E-state index in [4.69, 9.17) is 14.2 Å². The zero-order chi connectivity index (χ0) is 32.8. The van der Waals surface area contributed by atoms with E-state index in [1.54, 1.807) is 42.5 Å². The van der Waals surface area contributed by atoms with Gasteiger partial charge in [-0.3, -0.25) is 14.4 Å². The molecule has 3 aromatic carbocycles. The van der Waals surface area contributed by atoms with E-state index in [0.29, 0.717) is 47.4 Å². The summed E-state index contributed by atoms with van der Waals surface area (Å²) in [4.78, 5) is 51.0. The molecule has 3 aromatic rings. The van der Waals surface area contributed by atoms with Crippen LogP contribution in [0.15, 0.2) is 60.7 Å². The van der Waals surface area contributed by atoms with Crippen molar-refractivity contribution in [3.63, 3.8) is 0 Å². The summed E-state index contributed by atoms with van der Waals surface area (Å²) in [5.41, 5.74) is 3.32. The maximum atomic E-state index is 13.1. The minimum atomic E-state index is -1.04. The van der Waals surface area contributed by atoms with Gasteiger partial charge in [-0.1, -0.05) is 30.3 Å². The van der Waals surface area contributed by atoms with Crippen molar-refractivity contribution in [3.8, 4) is 17.2 Å². The first-order valence-corrected chi connectivity index (χ1v) is 14.6. The number of benzene rings is 3. The van der Waals surface area contributed by atoms with Gasteiger partial charge in [-0.2, -0.15) is 0 Å². The van der Waals surface area contributed by atoms with Crippen LogP contribution in [0.3, 0.4) is 0 Å². The number of rotatable bonds is 16. The number of anilines is 2. The van der Waals surface area contributed by atoms with Gasteiger partial charge in [0.15, 0.2) is 11.5 Å². The lowest BCUT2D eigenvalue weighted by atomic mass is 10.1. The van der Waals surface area contributed by atoms with Crippen LogP contribution in [0, 0.1) is 6.92 Å². The molecule has 0 bridgehead atoms. The fourth-order valence-corrected chi connectivity index (χ4v) is 4.41. The maximum Gasteiger partial charge on any atom is 0.323 e. The molecule has 0 fully saturated rings. The van der Waals surface area contributed by atoms with Crippen molar-refractivity contribution in [2.24, 2.45) is 0 Å². The summed E-state index contributed by atoms with van der Waals surface area (Å²) >= 11 is 0. The Kier molecular flexibility index (Phi) is 13.0. The molecule has 0 saturated carbocycles. The summed E-state index contributed by atoms with van der Waals surface area (Å²) in [6.45, 7) is 6.25. The van der Waals surface area contributed by atoms with Gasteiger partial charge in [0.1, 0.15) is 5.75 Å². The molecule has 0 aliphatic rings. The SMILES string of the molecule is CCOc1ccc(CN(CCC(=O)O)C(=O)CNC(=O)Cc2ccc(NC(=O)Nc3ccccc3C)c(OC)c2)cc1OCC. The number of carboxylic acid groups (broad SMARTS) is 1. The van der Waals surface area contributed by atoms with Gasteiger partial charge in [-0.25, -0.2) is 4.79 Å². The number of para-hydroxylation sites is 1. The third-order valence-electron chi connectivity index (χ3n) is 6.64. The van der Waals surface area contributed by atoms with Gasteiger partial charge in [0.05, 0.1) is 45.4 Å². The highest BCUT2D eigenvalue weighted by atomic mass is 16.5. The Labute approximate surface area is 262 Å². The molecule has 45 heavy (non-hydrogen) atoms. The van der Waals surface area contributed by atoms with E-state index in [9.17, 15) is 24.3 Å². The van der Waals surface area contributed by atoms with E-state index >= 15 is 0 Å². The summed E-state index contributed by atoms with van der Waals surface area (Å²) in [6, 6.07) is 17.2. The normalized spacial score (nSPS) is 10.4. The summed E-state index contributed by atoms with van der Waals surface area (Å²) in [6.07, 6.45) is -0.302. The Hall–Kier alpha value is -5.26. The molecule has 0 atom stereocenters. The Morgan fingerprint density at radius 1 is 0.822 bits per heavy atom. The zero-order valence-electron chi connectivity index (χ0n) is 26.0. The standard InChI is InChI=1S/C33H40N4O8/c1-5-44-27-14-12-24(18-29(27)45-6-2)21-37(16-15-32(40)41)31(39)20-34-30(38)19-23-11-13-26(28(17-23)43-4)36-33(42)35-25-10-8-7-9-22(25)3/h7-14,17-18H,5-6,15-16,19-21H2,1-4H3,(H,34,38)(H,40,41)(H2,35,36,42). The molecule has 4 N–H and O–H groups in total. The number of hydrogen-bond acceptors (Lipinski definition) is 7. The van der Waals surface area contributed by atoms with Crippen LogP contribution in [0.2, 0.25) is 0 Å². The molecule has 0 aliphatic carbocycles. The summed E-state index contributed by atoms with van der Waals surface area (Å²) < 4.78 is 16.7. The first-order chi connectivity index (χ1) is 21.6. The van der Waals surface area contributed by atoms with Crippen molar-refractivity contribution in [2.75, 3.05) is 44.0 Å². The predicted molar refractivity (Wildman–Crippen MR) is 170 cm³/mol. The number of aryl methyl sites for hydroxylation is 1. The average Bonchev–Trinajstić information content (AvgIpc) is 3.01. The van der Waals surface area contributed by atoms with Crippen LogP contribution in [0.4, 0.5) is 16.2 Å². The number of nitrogens with one attached hydrogen (secondary N) is 3. The van der Waals surface area contributed by atoms with Gasteiger partial charge in [0, 0.05) is 18.8 Å². The number of hydrogen-bond donors (Lipinski definition) is 4. The second kappa shape index (κ2) is 17.1. The van der Waals surface area contributed by atoms with Crippen molar-refractivity contribution in [1.29, 1.82) is 0 Å². The van der Waals surface area contributed by atoms with Gasteiger partial charge in [0.2, 0.25) is 11.8 Å². The average molecular weight is 621 g/mol. The lowest BCUT2D eigenvalue weighted by Gasteiger charge is -2.23. The third-order valence-corrected chi connectivity index (χ3v) is 6.64. The molecule has 0 aliphatic heterocycles. The lowest BCUT2D eigenvalue weighted by molar-refractivity contribution is -0.139. The topological polar surface area (TPSA) is 156 Å². The molecule has 12 heteroatoms.